The van der Waals surface area contributed by atoms with E-state index in [1.807, 2.05) is 13.0 Å². The molecule has 2 aliphatic rings. The summed E-state index contributed by atoms with van der Waals surface area (Å²) in [5.74, 6) is 0.299. The van der Waals surface area contributed by atoms with Crippen LogP contribution in [-0.4, -0.2) is 23.3 Å². The van der Waals surface area contributed by atoms with E-state index in [4.69, 9.17) is 9.47 Å². The standard InChI is InChI=1S/C17H26O4/c1-3-20-14(18)11-7-8-12-17(2)15(16(19)21-17)13-9-5-4-6-10-13/h7,11,13,19H,3-6,8-10,12H2,1-2H3/b11-7+. The van der Waals surface area contributed by atoms with Crippen molar-refractivity contribution >= 4 is 5.97 Å². The normalized spacial score (nSPS) is 26.6. The lowest BCUT2D eigenvalue weighted by atomic mass is 9.73. The molecule has 118 valence electrons. The van der Waals surface area contributed by atoms with E-state index in [0.29, 0.717) is 12.5 Å². The van der Waals surface area contributed by atoms with Gasteiger partial charge in [-0.25, -0.2) is 4.79 Å². The second-order valence-corrected chi connectivity index (χ2v) is 6.08. The fraction of sp³-hybridized carbons (Fsp3) is 0.706. The molecule has 4 heteroatoms. The second-order valence-electron chi connectivity index (χ2n) is 6.08. The van der Waals surface area contributed by atoms with Crippen molar-refractivity contribution < 1.29 is 19.4 Å². The smallest absolute Gasteiger partial charge is 0.330 e. The van der Waals surface area contributed by atoms with Gasteiger partial charge in [-0.1, -0.05) is 25.3 Å². The number of rotatable bonds is 6. The molecule has 0 spiro atoms. The number of carbonyl (C=O) groups is 1. The molecule has 0 aromatic rings. The topological polar surface area (TPSA) is 55.8 Å². The average molecular weight is 294 g/mol. The van der Waals surface area contributed by atoms with E-state index in [-0.39, 0.29) is 17.5 Å². The van der Waals surface area contributed by atoms with E-state index >= 15 is 0 Å². The maximum Gasteiger partial charge on any atom is 0.330 e. The zero-order valence-corrected chi connectivity index (χ0v) is 13.1. The predicted molar refractivity (Wildman–Crippen MR) is 80.7 cm³/mol. The molecule has 0 bridgehead atoms. The minimum atomic E-state index is -0.370. The van der Waals surface area contributed by atoms with Crippen molar-refractivity contribution in [1.29, 1.82) is 0 Å². The van der Waals surface area contributed by atoms with Crippen LogP contribution in [0.3, 0.4) is 0 Å². The van der Waals surface area contributed by atoms with E-state index in [9.17, 15) is 9.90 Å². The molecule has 1 saturated carbocycles. The van der Waals surface area contributed by atoms with Crippen LogP contribution in [0.1, 0.15) is 58.8 Å². The third kappa shape index (κ3) is 3.80. The molecule has 1 unspecified atom stereocenters. The minimum Gasteiger partial charge on any atom is -0.481 e. The number of aliphatic hydroxyl groups is 1. The first-order chi connectivity index (χ1) is 10.1. The van der Waals surface area contributed by atoms with E-state index in [2.05, 4.69) is 0 Å². The molecule has 1 atom stereocenters. The highest BCUT2D eigenvalue weighted by Crippen LogP contribution is 2.47. The Morgan fingerprint density at radius 1 is 1.43 bits per heavy atom. The van der Waals surface area contributed by atoms with Gasteiger partial charge in [-0.3, -0.25) is 0 Å². The van der Waals surface area contributed by atoms with E-state index in [1.54, 1.807) is 6.92 Å². The van der Waals surface area contributed by atoms with E-state index < -0.39 is 0 Å². The summed E-state index contributed by atoms with van der Waals surface area (Å²) in [6.07, 6.45) is 10.9. The van der Waals surface area contributed by atoms with Gasteiger partial charge in [-0.05, 0) is 45.4 Å². The number of ether oxygens (including phenoxy) is 2. The largest absolute Gasteiger partial charge is 0.481 e. The van der Waals surface area contributed by atoms with Gasteiger partial charge in [0, 0.05) is 6.08 Å². The summed E-state index contributed by atoms with van der Waals surface area (Å²) in [7, 11) is 0. The van der Waals surface area contributed by atoms with Gasteiger partial charge in [0.05, 0.1) is 12.2 Å². The highest BCUT2D eigenvalue weighted by molar-refractivity contribution is 5.81. The number of hydrogen-bond donors (Lipinski definition) is 1. The lowest BCUT2D eigenvalue weighted by Gasteiger charge is -2.45. The van der Waals surface area contributed by atoms with Crippen LogP contribution in [0.4, 0.5) is 0 Å². The van der Waals surface area contributed by atoms with Crippen molar-refractivity contribution in [3.8, 4) is 0 Å². The van der Waals surface area contributed by atoms with Gasteiger partial charge < -0.3 is 14.6 Å². The van der Waals surface area contributed by atoms with Crippen LogP contribution in [0.15, 0.2) is 23.7 Å². The Morgan fingerprint density at radius 2 is 2.14 bits per heavy atom. The SMILES string of the molecule is CCOC(=O)/C=C/CCC1(C)OC(O)=C1C1CCCCC1. The number of esters is 1. The zero-order chi connectivity index (χ0) is 15.3. The Balaban J connectivity index is 1.86. The van der Waals surface area contributed by atoms with Gasteiger partial charge in [0.2, 0.25) is 0 Å². The van der Waals surface area contributed by atoms with Crippen molar-refractivity contribution in [3.63, 3.8) is 0 Å². The van der Waals surface area contributed by atoms with Crippen molar-refractivity contribution in [2.24, 2.45) is 5.92 Å². The van der Waals surface area contributed by atoms with Gasteiger partial charge in [0.1, 0.15) is 5.60 Å². The summed E-state index contributed by atoms with van der Waals surface area (Å²) < 4.78 is 10.4. The lowest BCUT2D eigenvalue weighted by Crippen LogP contribution is -2.44. The van der Waals surface area contributed by atoms with Gasteiger partial charge in [-0.2, -0.15) is 0 Å². The maximum absolute atomic E-state index is 11.2. The third-order valence-corrected chi connectivity index (χ3v) is 4.46. The van der Waals surface area contributed by atoms with Gasteiger partial charge in [0.15, 0.2) is 0 Å². The molecule has 0 aromatic heterocycles. The molecule has 1 fully saturated rings. The predicted octanol–water partition coefficient (Wildman–Crippen LogP) is 4.02. The van der Waals surface area contributed by atoms with Gasteiger partial charge in [-0.15, -0.1) is 0 Å². The summed E-state index contributed by atoms with van der Waals surface area (Å²) in [6.45, 7) is 4.22. The van der Waals surface area contributed by atoms with Crippen LogP contribution >= 0.6 is 0 Å². The highest BCUT2D eigenvalue weighted by Gasteiger charge is 2.47. The van der Waals surface area contributed by atoms with E-state index in [0.717, 1.165) is 31.3 Å². The summed E-state index contributed by atoms with van der Waals surface area (Å²) in [5, 5.41) is 9.88. The van der Waals surface area contributed by atoms with Crippen LogP contribution in [0.2, 0.25) is 0 Å². The number of carbonyl (C=O) groups excluding carboxylic acids is 1. The van der Waals surface area contributed by atoms with Crippen LogP contribution in [0.5, 0.6) is 0 Å². The minimum absolute atomic E-state index is 0.138. The third-order valence-electron chi connectivity index (χ3n) is 4.46. The molecule has 0 amide bonds. The van der Waals surface area contributed by atoms with Crippen LogP contribution in [0.25, 0.3) is 0 Å². The Labute approximate surface area is 126 Å². The zero-order valence-electron chi connectivity index (χ0n) is 13.1. The maximum atomic E-state index is 11.2. The Morgan fingerprint density at radius 3 is 2.76 bits per heavy atom. The summed E-state index contributed by atoms with van der Waals surface area (Å²) in [5.41, 5.74) is 0.720. The number of allylic oxidation sites excluding steroid dienone is 1. The van der Waals surface area contributed by atoms with Gasteiger partial charge in [0.25, 0.3) is 5.95 Å². The first-order valence-corrected chi connectivity index (χ1v) is 8.02. The summed E-state index contributed by atoms with van der Waals surface area (Å²) in [4.78, 5) is 11.2. The number of hydrogen-bond acceptors (Lipinski definition) is 4. The molecule has 1 aliphatic carbocycles. The monoisotopic (exact) mass is 294 g/mol. The highest BCUT2D eigenvalue weighted by atomic mass is 16.6. The van der Waals surface area contributed by atoms with Crippen LogP contribution < -0.4 is 0 Å². The van der Waals surface area contributed by atoms with Crippen molar-refractivity contribution in [2.45, 2.75) is 64.4 Å². The molecule has 1 aliphatic heterocycles. The summed E-state index contributed by atoms with van der Waals surface area (Å²) >= 11 is 0. The molecule has 1 N–H and O–H groups in total. The Hall–Kier alpha value is -1.45. The first kappa shape index (κ1) is 15.9. The average Bonchev–Trinajstić information content (AvgIpc) is 2.44. The van der Waals surface area contributed by atoms with Crippen LogP contribution in [0, 0.1) is 5.92 Å². The van der Waals surface area contributed by atoms with Crippen LogP contribution in [-0.2, 0) is 14.3 Å². The molecular weight excluding hydrogens is 268 g/mol. The molecular formula is C17H26O4. The molecule has 2 rings (SSSR count). The second kappa shape index (κ2) is 7.01. The Kier molecular flexibility index (Phi) is 5.32. The molecule has 4 nitrogen and oxygen atoms in total. The fourth-order valence-corrected chi connectivity index (χ4v) is 3.42. The molecule has 0 aromatic carbocycles. The van der Waals surface area contributed by atoms with Gasteiger partial charge >= 0.3 is 5.97 Å². The van der Waals surface area contributed by atoms with E-state index in [1.165, 1.54) is 25.3 Å². The van der Waals surface area contributed by atoms with Crippen molar-refractivity contribution in [2.75, 3.05) is 6.61 Å². The Bertz CT molecular complexity index is 432. The van der Waals surface area contributed by atoms with Crippen molar-refractivity contribution in [1.82, 2.24) is 0 Å². The fourth-order valence-electron chi connectivity index (χ4n) is 3.42. The molecule has 0 radical (unpaired) electrons. The quantitative estimate of drug-likeness (QED) is 0.593. The lowest BCUT2D eigenvalue weighted by molar-refractivity contribution is -0.137. The van der Waals surface area contributed by atoms with Crippen molar-refractivity contribution in [3.05, 3.63) is 23.7 Å². The molecule has 21 heavy (non-hydrogen) atoms. The number of aliphatic hydroxyl groups excluding tert-OH is 1. The first-order valence-electron chi connectivity index (χ1n) is 8.02. The molecule has 0 saturated heterocycles. The summed E-state index contributed by atoms with van der Waals surface area (Å²) in [6, 6.07) is 0. The molecule has 1 heterocycles.